The predicted octanol–water partition coefficient (Wildman–Crippen LogP) is 1.99. The first-order valence-electron chi connectivity index (χ1n) is 3.83. The van der Waals surface area contributed by atoms with E-state index in [2.05, 4.69) is 20.4 Å². The van der Waals surface area contributed by atoms with Gasteiger partial charge in [0.25, 0.3) is 0 Å². The van der Waals surface area contributed by atoms with Crippen LogP contribution >= 0.6 is 0 Å². The summed E-state index contributed by atoms with van der Waals surface area (Å²) in [6.45, 7) is 3.92. The summed E-state index contributed by atoms with van der Waals surface area (Å²) in [6.07, 6.45) is 3.79. The first kappa shape index (κ1) is 7.21. The zero-order valence-electron chi connectivity index (χ0n) is 7.07. The van der Waals surface area contributed by atoms with E-state index in [1.807, 2.05) is 26.0 Å². The monoisotopic (exact) mass is 162 g/mol. The molecule has 1 aliphatic rings. The molecule has 0 aromatic carbocycles. The van der Waals surface area contributed by atoms with Crippen LogP contribution in [-0.4, -0.2) is 10.2 Å². The molecule has 1 aliphatic heterocycles. The summed E-state index contributed by atoms with van der Waals surface area (Å²) < 4.78 is 0. The van der Waals surface area contributed by atoms with Crippen LogP contribution in [0.4, 0.5) is 0 Å². The quantitative estimate of drug-likeness (QED) is 0.674. The zero-order chi connectivity index (χ0) is 8.60. The Kier molecular flexibility index (Phi) is 1.36. The van der Waals surface area contributed by atoms with Crippen LogP contribution < -0.4 is 0 Å². The second kappa shape index (κ2) is 2.27. The molecule has 1 aromatic rings. The molecule has 2 rings (SSSR count). The minimum Gasteiger partial charge on any atom is -0.285 e. The SMILES string of the molecule is CC1=CC(C)(c2cc[nH]n2)N=N1. The third kappa shape index (κ3) is 0.958. The fourth-order valence-corrected chi connectivity index (χ4v) is 1.31. The number of allylic oxidation sites excluding steroid dienone is 1. The van der Waals surface area contributed by atoms with Gasteiger partial charge in [0.2, 0.25) is 0 Å². The van der Waals surface area contributed by atoms with Crippen molar-refractivity contribution < 1.29 is 0 Å². The molecule has 1 atom stereocenters. The maximum atomic E-state index is 4.14. The van der Waals surface area contributed by atoms with Crippen molar-refractivity contribution in [1.82, 2.24) is 10.2 Å². The Labute approximate surface area is 70.4 Å². The smallest absolute Gasteiger partial charge is 0.143 e. The third-order valence-corrected chi connectivity index (χ3v) is 1.92. The van der Waals surface area contributed by atoms with Gasteiger partial charge in [-0.1, -0.05) is 0 Å². The van der Waals surface area contributed by atoms with Crippen molar-refractivity contribution >= 4 is 0 Å². The molecule has 0 saturated carbocycles. The van der Waals surface area contributed by atoms with Gasteiger partial charge in [-0.05, 0) is 26.0 Å². The van der Waals surface area contributed by atoms with Crippen LogP contribution in [0, 0.1) is 0 Å². The molecule has 1 unspecified atom stereocenters. The Balaban J connectivity index is 2.43. The van der Waals surface area contributed by atoms with E-state index < -0.39 is 0 Å². The lowest BCUT2D eigenvalue weighted by Gasteiger charge is -2.11. The molecule has 0 bridgehead atoms. The molecule has 0 spiro atoms. The van der Waals surface area contributed by atoms with Gasteiger partial charge in [-0.3, -0.25) is 5.10 Å². The van der Waals surface area contributed by atoms with Crippen LogP contribution in [-0.2, 0) is 5.54 Å². The van der Waals surface area contributed by atoms with Crippen LogP contribution in [0.5, 0.6) is 0 Å². The molecule has 0 fully saturated rings. The van der Waals surface area contributed by atoms with Gasteiger partial charge in [-0.15, -0.1) is 0 Å². The Morgan fingerprint density at radius 1 is 1.50 bits per heavy atom. The first-order chi connectivity index (χ1) is 5.71. The molecule has 0 radical (unpaired) electrons. The number of H-pyrrole nitrogens is 1. The highest BCUT2D eigenvalue weighted by Gasteiger charge is 2.29. The minimum absolute atomic E-state index is 0.357. The maximum absolute atomic E-state index is 4.14. The lowest BCUT2D eigenvalue weighted by Crippen LogP contribution is -2.13. The summed E-state index contributed by atoms with van der Waals surface area (Å²) in [5, 5.41) is 15.0. The number of rotatable bonds is 1. The maximum Gasteiger partial charge on any atom is 0.143 e. The van der Waals surface area contributed by atoms with E-state index in [4.69, 9.17) is 0 Å². The molecule has 1 N–H and O–H groups in total. The standard InChI is InChI=1S/C8H10N4/c1-6-5-8(2,12-10-6)7-3-4-9-11-7/h3-5H,1-2H3,(H,9,11). The third-order valence-electron chi connectivity index (χ3n) is 1.92. The Morgan fingerprint density at radius 2 is 2.33 bits per heavy atom. The number of azo groups is 1. The lowest BCUT2D eigenvalue weighted by atomic mass is 9.99. The minimum atomic E-state index is -0.357. The van der Waals surface area contributed by atoms with Crippen LogP contribution in [0.1, 0.15) is 19.5 Å². The summed E-state index contributed by atoms with van der Waals surface area (Å²) in [6, 6.07) is 1.91. The van der Waals surface area contributed by atoms with Crippen molar-refractivity contribution in [3.05, 3.63) is 29.7 Å². The molecule has 0 amide bonds. The first-order valence-corrected chi connectivity index (χ1v) is 3.83. The fraction of sp³-hybridized carbons (Fsp3) is 0.375. The highest BCUT2D eigenvalue weighted by molar-refractivity contribution is 5.25. The molecular formula is C8H10N4. The number of aromatic amines is 1. The molecule has 1 aromatic heterocycles. The van der Waals surface area contributed by atoms with Crippen molar-refractivity contribution in [1.29, 1.82) is 0 Å². The largest absolute Gasteiger partial charge is 0.285 e. The average Bonchev–Trinajstić information content (AvgIpc) is 2.59. The Morgan fingerprint density at radius 3 is 2.83 bits per heavy atom. The van der Waals surface area contributed by atoms with Gasteiger partial charge in [0, 0.05) is 6.20 Å². The van der Waals surface area contributed by atoms with Gasteiger partial charge in [0.05, 0.1) is 11.4 Å². The predicted molar refractivity (Wildman–Crippen MR) is 44.6 cm³/mol. The zero-order valence-corrected chi connectivity index (χ0v) is 7.07. The van der Waals surface area contributed by atoms with Gasteiger partial charge < -0.3 is 0 Å². The number of aromatic nitrogens is 2. The number of hydrogen-bond donors (Lipinski definition) is 1. The Hall–Kier alpha value is -1.45. The highest BCUT2D eigenvalue weighted by Crippen LogP contribution is 2.31. The molecule has 4 nitrogen and oxygen atoms in total. The molecule has 62 valence electrons. The second-order valence-electron chi connectivity index (χ2n) is 3.09. The van der Waals surface area contributed by atoms with Crippen molar-refractivity contribution in [2.45, 2.75) is 19.4 Å². The van der Waals surface area contributed by atoms with E-state index in [9.17, 15) is 0 Å². The van der Waals surface area contributed by atoms with Gasteiger partial charge >= 0.3 is 0 Å². The van der Waals surface area contributed by atoms with E-state index in [1.165, 1.54) is 0 Å². The van der Waals surface area contributed by atoms with Gasteiger partial charge in [0.15, 0.2) is 0 Å². The second-order valence-corrected chi connectivity index (χ2v) is 3.09. The summed E-state index contributed by atoms with van der Waals surface area (Å²) in [5.74, 6) is 0. The van der Waals surface area contributed by atoms with Crippen LogP contribution in [0.3, 0.4) is 0 Å². The molecule has 0 aliphatic carbocycles. The summed E-state index contributed by atoms with van der Waals surface area (Å²) in [7, 11) is 0. The van der Waals surface area contributed by atoms with E-state index in [0.29, 0.717) is 0 Å². The normalized spacial score (nSPS) is 27.7. The number of nitrogens with zero attached hydrogens (tertiary/aromatic N) is 3. The molecule has 4 heteroatoms. The average molecular weight is 162 g/mol. The number of nitrogens with one attached hydrogen (secondary N) is 1. The van der Waals surface area contributed by atoms with Crippen LogP contribution in [0.2, 0.25) is 0 Å². The molecule has 0 saturated heterocycles. The van der Waals surface area contributed by atoms with Crippen molar-refractivity contribution in [3.8, 4) is 0 Å². The van der Waals surface area contributed by atoms with Crippen LogP contribution in [0.15, 0.2) is 34.3 Å². The Bertz CT molecular complexity index is 336. The van der Waals surface area contributed by atoms with E-state index >= 15 is 0 Å². The summed E-state index contributed by atoms with van der Waals surface area (Å²) >= 11 is 0. The molecule has 12 heavy (non-hydrogen) atoms. The summed E-state index contributed by atoms with van der Waals surface area (Å²) in [4.78, 5) is 0. The lowest BCUT2D eigenvalue weighted by molar-refractivity contribution is 0.596. The van der Waals surface area contributed by atoms with Gasteiger partial charge in [-0.25, -0.2) is 0 Å². The van der Waals surface area contributed by atoms with Gasteiger partial charge in [-0.2, -0.15) is 15.3 Å². The van der Waals surface area contributed by atoms with E-state index in [1.54, 1.807) is 6.20 Å². The van der Waals surface area contributed by atoms with E-state index in [-0.39, 0.29) is 5.54 Å². The van der Waals surface area contributed by atoms with Gasteiger partial charge in [0.1, 0.15) is 5.54 Å². The topological polar surface area (TPSA) is 53.4 Å². The summed E-state index contributed by atoms with van der Waals surface area (Å²) in [5.41, 5.74) is 1.49. The molecular weight excluding hydrogens is 152 g/mol. The van der Waals surface area contributed by atoms with E-state index in [0.717, 1.165) is 11.4 Å². The van der Waals surface area contributed by atoms with Crippen LogP contribution in [0.25, 0.3) is 0 Å². The number of hydrogen-bond acceptors (Lipinski definition) is 3. The van der Waals surface area contributed by atoms with Crippen molar-refractivity contribution in [2.24, 2.45) is 10.2 Å². The fourth-order valence-electron chi connectivity index (χ4n) is 1.31. The highest BCUT2D eigenvalue weighted by atomic mass is 15.2. The molecule has 2 heterocycles. The van der Waals surface area contributed by atoms with Crippen molar-refractivity contribution in [2.75, 3.05) is 0 Å². The van der Waals surface area contributed by atoms with Crippen molar-refractivity contribution in [3.63, 3.8) is 0 Å².